The van der Waals surface area contributed by atoms with Crippen molar-refractivity contribution in [1.82, 2.24) is 14.9 Å². The number of nitrogens with zero attached hydrogens (tertiary/aromatic N) is 2. The minimum atomic E-state index is 0.00408. The number of hydrogen-bond acceptors (Lipinski definition) is 3. The van der Waals surface area contributed by atoms with Crippen molar-refractivity contribution in [3.05, 3.63) is 46.2 Å². The Balaban J connectivity index is 2.14. The van der Waals surface area contributed by atoms with E-state index < -0.39 is 0 Å². The van der Waals surface area contributed by atoms with Gasteiger partial charge < -0.3 is 9.88 Å². The first-order valence-corrected chi connectivity index (χ1v) is 7.83. The summed E-state index contributed by atoms with van der Waals surface area (Å²) < 4.78 is 2.21. The molecule has 3 aromatic rings. The number of aryl methyl sites for hydroxylation is 2. The molecule has 0 bridgehead atoms. The average Bonchev–Trinajstić information content (AvgIpc) is 2.97. The molecule has 0 aliphatic carbocycles. The number of fused-ring (bicyclic) bond motifs is 5. The highest BCUT2D eigenvalue weighted by molar-refractivity contribution is 7.21. The molecule has 1 N–H and O–H groups in total. The van der Waals surface area contributed by atoms with Crippen molar-refractivity contribution in [2.75, 3.05) is 6.54 Å². The molecule has 3 aromatic heterocycles. The number of amides is 1. The minimum Gasteiger partial charge on any atom is -0.351 e. The molecule has 21 heavy (non-hydrogen) atoms. The summed E-state index contributed by atoms with van der Waals surface area (Å²) in [5.74, 6) is 0.00408. The first-order valence-electron chi connectivity index (χ1n) is 7.01. The van der Waals surface area contributed by atoms with E-state index in [2.05, 4.69) is 40.0 Å². The van der Waals surface area contributed by atoms with Crippen LogP contribution in [-0.4, -0.2) is 22.0 Å². The SMILES string of the molecule is Cc1ccc2c3c(sc2n1)C(=O)NCCc1ccc(C)n1-3. The van der Waals surface area contributed by atoms with Crippen LogP contribution >= 0.6 is 11.3 Å². The second kappa shape index (κ2) is 4.43. The van der Waals surface area contributed by atoms with Crippen molar-refractivity contribution in [2.24, 2.45) is 0 Å². The molecule has 0 unspecified atom stereocenters. The lowest BCUT2D eigenvalue weighted by molar-refractivity contribution is 0.0957. The smallest absolute Gasteiger partial charge is 0.263 e. The molecule has 1 aliphatic rings. The molecule has 0 spiro atoms. The topological polar surface area (TPSA) is 46.9 Å². The fraction of sp³-hybridized carbons (Fsp3) is 0.250. The van der Waals surface area contributed by atoms with Crippen molar-refractivity contribution in [3.63, 3.8) is 0 Å². The van der Waals surface area contributed by atoms with Crippen LogP contribution in [0.3, 0.4) is 0 Å². The fourth-order valence-corrected chi connectivity index (χ4v) is 4.05. The third kappa shape index (κ3) is 1.81. The molecule has 0 aromatic carbocycles. The zero-order chi connectivity index (χ0) is 14.6. The largest absolute Gasteiger partial charge is 0.351 e. The van der Waals surface area contributed by atoms with Crippen LogP contribution in [0.1, 0.15) is 26.8 Å². The second-order valence-electron chi connectivity index (χ2n) is 5.39. The van der Waals surface area contributed by atoms with Crippen molar-refractivity contribution in [1.29, 1.82) is 0 Å². The molecule has 0 atom stereocenters. The summed E-state index contributed by atoms with van der Waals surface area (Å²) >= 11 is 1.48. The van der Waals surface area contributed by atoms with E-state index in [-0.39, 0.29) is 5.91 Å². The van der Waals surface area contributed by atoms with Crippen LogP contribution in [0.5, 0.6) is 0 Å². The number of aromatic nitrogens is 2. The van der Waals surface area contributed by atoms with E-state index in [1.807, 2.05) is 13.0 Å². The lowest BCUT2D eigenvalue weighted by atomic mass is 10.2. The predicted octanol–water partition coefficient (Wildman–Crippen LogP) is 2.99. The van der Waals surface area contributed by atoms with Crippen molar-refractivity contribution in [3.8, 4) is 5.69 Å². The quantitative estimate of drug-likeness (QED) is 0.693. The highest BCUT2D eigenvalue weighted by Crippen LogP contribution is 2.36. The zero-order valence-corrected chi connectivity index (χ0v) is 12.8. The number of rotatable bonds is 0. The fourth-order valence-electron chi connectivity index (χ4n) is 2.93. The van der Waals surface area contributed by atoms with Crippen LogP contribution in [0.2, 0.25) is 0 Å². The molecule has 4 heterocycles. The lowest BCUT2D eigenvalue weighted by Gasteiger charge is -2.16. The number of carbonyl (C=O) groups excluding carboxylic acids is 1. The molecular weight excluding hydrogens is 282 g/mol. The highest BCUT2D eigenvalue weighted by Gasteiger charge is 2.24. The third-order valence-corrected chi connectivity index (χ3v) is 5.01. The van der Waals surface area contributed by atoms with Crippen molar-refractivity contribution < 1.29 is 4.79 Å². The van der Waals surface area contributed by atoms with E-state index in [1.165, 1.54) is 17.0 Å². The van der Waals surface area contributed by atoms with E-state index >= 15 is 0 Å². The Bertz CT molecular complexity index is 875. The molecule has 1 aliphatic heterocycles. The molecule has 1 amide bonds. The van der Waals surface area contributed by atoms with Crippen molar-refractivity contribution >= 4 is 27.5 Å². The maximum absolute atomic E-state index is 12.4. The molecular formula is C16H15N3OS. The van der Waals surface area contributed by atoms with Gasteiger partial charge in [-0.25, -0.2) is 4.98 Å². The Labute approximate surface area is 126 Å². The first-order chi connectivity index (χ1) is 10.1. The average molecular weight is 297 g/mol. The molecule has 4 rings (SSSR count). The standard InChI is InChI=1S/C16H15N3OS/c1-9-3-6-12-13-14(21-16(12)18-9)15(20)17-8-7-11-5-4-10(2)19(11)13/h3-6H,7-8H2,1-2H3,(H,17,20). The summed E-state index contributed by atoms with van der Waals surface area (Å²) in [6.45, 7) is 4.73. The highest BCUT2D eigenvalue weighted by atomic mass is 32.1. The summed E-state index contributed by atoms with van der Waals surface area (Å²) in [6.07, 6.45) is 0.843. The summed E-state index contributed by atoms with van der Waals surface area (Å²) in [5.41, 5.74) is 4.34. The minimum absolute atomic E-state index is 0.00408. The molecule has 0 radical (unpaired) electrons. The van der Waals surface area contributed by atoms with Crippen LogP contribution in [0, 0.1) is 13.8 Å². The van der Waals surface area contributed by atoms with E-state index in [4.69, 9.17) is 0 Å². The number of carbonyl (C=O) groups is 1. The van der Waals surface area contributed by atoms with Gasteiger partial charge in [0.2, 0.25) is 0 Å². The third-order valence-electron chi connectivity index (χ3n) is 3.92. The maximum Gasteiger partial charge on any atom is 0.263 e. The van der Waals surface area contributed by atoms with Crippen molar-refractivity contribution in [2.45, 2.75) is 20.3 Å². The molecule has 0 saturated carbocycles. The Morgan fingerprint density at radius 1 is 1.24 bits per heavy atom. The van der Waals surface area contributed by atoms with E-state index in [0.29, 0.717) is 6.54 Å². The monoisotopic (exact) mass is 297 g/mol. The van der Waals surface area contributed by atoms with Crippen LogP contribution < -0.4 is 5.32 Å². The van der Waals surface area contributed by atoms with E-state index in [0.717, 1.165) is 38.6 Å². The predicted molar refractivity (Wildman–Crippen MR) is 84.5 cm³/mol. The molecule has 0 fully saturated rings. The number of nitrogens with one attached hydrogen (secondary N) is 1. The van der Waals surface area contributed by atoms with Gasteiger partial charge in [0.1, 0.15) is 9.71 Å². The Morgan fingerprint density at radius 3 is 2.95 bits per heavy atom. The van der Waals surface area contributed by atoms with Gasteiger partial charge in [-0.15, -0.1) is 11.3 Å². The normalized spacial score (nSPS) is 14.3. The number of pyridine rings is 1. The lowest BCUT2D eigenvalue weighted by Crippen LogP contribution is -2.28. The summed E-state index contributed by atoms with van der Waals surface area (Å²) in [6, 6.07) is 8.33. The van der Waals surface area contributed by atoms with Crippen LogP contribution in [-0.2, 0) is 6.42 Å². The molecule has 4 nitrogen and oxygen atoms in total. The van der Waals surface area contributed by atoms with Gasteiger partial charge >= 0.3 is 0 Å². The molecule has 0 saturated heterocycles. The Morgan fingerprint density at radius 2 is 2.10 bits per heavy atom. The summed E-state index contributed by atoms with van der Waals surface area (Å²) in [4.78, 5) is 18.7. The number of hydrogen-bond donors (Lipinski definition) is 1. The van der Waals surface area contributed by atoms with Crippen LogP contribution in [0.4, 0.5) is 0 Å². The zero-order valence-electron chi connectivity index (χ0n) is 11.9. The van der Waals surface area contributed by atoms with Gasteiger partial charge in [-0.05, 0) is 38.1 Å². The summed E-state index contributed by atoms with van der Waals surface area (Å²) in [7, 11) is 0. The Kier molecular flexibility index (Phi) is 2.65. The summed E-state index contributed by atoms with van der Waals surface area (Å²) in [5, 5.41) is 4.05. The van der Waals surface area contributed by atoms with Gasteiger partial charge in [0, 0.05) is 35.4 Å². The van der Waals surface area contributed by atoms with E-state index in [1.54, 1.807) is 0 Å². The van der Waals surface area contributed by atoms with Gasteiger partial charge in [0.15, 0.2) is 0 Å². The Hall–Kier alpha value is -2.14. The van der Waals surface area contributed by atoms with E-state index in [9.17, 15) is 4.79 Å². The van der Waals surface area contributed by atoms with Gasteiger partial charge in [0.25, 0.3) is 5.91 Å². The van der Waals surface area contributed by atoms with Gasteiger partial charge in [0.05, 0.1) is 5.69 Å². The van der Waals surface area contributed by atoms with Gasteiger partial charge in [-0.1, -0.05) is 0 Å². The molecule has 5 heteroatoms. The van der Waals surface area contributed by atoms with Crippen LogP contribution in [0.15, 0.2) is 24.3 Å². The van der Waals surface area contributed by atoms with Gasteiger partial charge in [-0.2, -0.15) is 0 Å². The van der Waals surface area contributed by atoms with Gasteiger partial charge in [-0.3, -0.25) is 4.79 Å². The number of thiophene rings is 1. The first kappa shape index (κ1) is 12.6. The molecule has 106 valence electrons. The van der Waals surface area contributed by atoms with Crippen LogP contribution in [0.25, 0.3) is 15.9 Å². The second-order valence-corrected chi connectivity index (χ2v) is 6.39. The maximum atomic E-state index is 12.4.